The number of carbonyl (C=O) groups excluding carboxylic acids is 1. The number of anilines is 1. The van der Waals surface area contributed by atoms with Crippen LogP contribution in [0.5, 0.6) is 0 Å². The molecule has 3 rings (SSSR count). The molecule has 1 aliphatic rings. The van der Waals surface area contributed by atoms with Gasteiger partial charge >= 0.3 is 0 Å². The maximum atomic E-state index is 12.6. The number of nitrogens with zero attached hydrogens (tertiary/aromatic N) is 2. The van der Waals surface area contributed by atoms with Gasteiger partial charge in [0.15, 0.2) is 0 Å². The lowest BCUT2D eigenvalue weighted by Crippen LogP contribution is -2.47. The summed E-state index contributed by atoms with van der Waals surface area (Å²) in [5.41, 5.74) is 1.77. The zero-order chi connectivity index (χ0) is 18.7. The summed E-state index contributed by atoms with van der Waals surface area (Å²) in [5, 5.41) is 0. The van der Waals surface area contributed by atoms with Gasteiger partial charge < -0.3 is 9.80 Å². The average molecular weight is 373 g/mol. The molecule has 0 atom stereocenters. The standard InChI is InChI=1S/C19H23N3O3S/c1-15-14-16(19(23)22-12-10-21(2)11-13-22)8-9-18(15)20-26(24,25)17-6-4-3-5-7-17/h3-9,14,20H,10-13H2,1-2H3. The lowest BCUT2D eigenvalue weighted by Gasteiger charge is -2.32. The highest BCUT2D eigenvalue weighted by Crippen LogP contribution is 2.22. The number of benzene rings is 2. The second-order valence-corrected chi connectivity index (χ2v) is 8.23. The highest BCUT2D eigenvalue weighted by Gasteiger charge is 2.21. The predicted octanol–water partition coefficient (Wildman–Crippen LogP) is 2.18. The van der Waals surface area contributed by atoms with E-state index in [9.17, 15) is 13.2 Å². The zero-order valence-corrected chi connectivity index (χ0v) is 15.8. The molecule has 0 radical (unpaired) electrons. The fourth-order valence-corrected chi connectivity index (χ4v) is 4.06. The van der Waals surface area contributed by atoms with Crippen molar-refractivity contribution in [3.05, 3.63) is 59.7 Å². The van der Waals surface area contributed by atoms with Crippen LogP contribution in [0, 0.1) is 6.92 Å². The van der Waals surface area contributed by atoms with Crippen molar-refractivity contribution in [3.8, 4) is 0 Å². The van der Waals surface area contributed by atoms with Crippen LogP contribution >= 0.6 is 0 Å². The van der Waals surface area contributed by atoms with Crippen molar-refractivity contribution in [3.63, 3.8) is 0 Å². The summed E-state index contributed by atoms with van der Waals surface area (Å²) in [5.74, 6) is -0.0151. The van der Waals surface area contributed by atoms with Crippen molar-refractivity contribution in [1.82, 2.24) is 9.80 Å². The van der Waals surface area contributed by atoms with Crippen molar-refractivity contribution in [2.45, 2.75) is 11.8 Å². The normalized spacial score (nSPS) is 15.7. The van der Waals surface area contributed by atoms with Crippen molar-refractivity contribution >= 4 is 21.6 Å². The fourth-order valence-electron chi connectivity index (χ4n) is 2.91. The number of likely N-dealkylation sites (N-methyl/N-ethyl adjacent to an activating group) is 1. The maximum absolute atomic E-state index is 12.6. The molecular formula is C19H23N3O3S. The van der Waals surface area contributed by atoms with Crippen LogP contribution in [0.25, 0.3) is 0 Å². The number of hydrogen-bond acceptors (Lipinski definition) is 4. The molecule has 0 saturated carbocycles. The Kier molecular flexibility index (Phi) is 5.29. The molecule has 0 spiro atoms. The Labute approximate surface area is 154 Å². The van der Waals surface area contributed by atoms with Crippen LogP contribution in [0.15, 0.2) is 53.4 Å². The van der Waals surface area contributed by atoms with E-state index in [1.165, 1.54) is 0 Å². The molecule has 1 saturated heterocycles. The van der Waals surface area contributed by atoms with E-state index < -0.39 is 10.0 Å². The van der Waals surface area contributed by atoms with Gasteiger partial charge in [-0.3, -0.25) is 9.52 Å². The SMILES string of the molecule is Cc1cc(C(=O)N2CCN(C)CC2)ccc1NS(=O)(=O)c1ccccc1. The Morgan fingerprint density at radius 1 is 1.00 bits per heavy atom. The first-order valence-corrected chi connectivity index (χ1v) is 10.0. The van der Waals surface area contributed by atoms with Gasteiger partial charge in [-0.05, 0) is 49.9 Å². The van der Waals surface area contributed by atoms with Crippen molar-refractivity contribution in [1.29, 1.82) is 0 Å². The second kappa shape index (κ2) is 7.47. The molecule has 1 N–H and O–H groups in total. The van der Waals surface area contributed by atoms with Gasteiger partial charge in [0.05, 0.1) is 10.6 Å². The Balaban J connectivity index is 1.77. The summed E-state index contributed by atoms with van der Waals surface area (Å²) >= 11 is 0. The summed E-state index contributed by atoms with van der Waals surface area (Å²) in [4.78, 5) is 16.9. The summed E-state index contributed by atoms with van der Waals surface area (Å²) in [6.07, 6.45) is 0. The van der Waals surface area contributed by atoms with Crippen LogP contribution in [-0.2, 0) is 10.0 Å². The smallest absolute Gasteiger partial charge is 0.261 e. The second-order valence-electron chi connectivity index (χ2n) is 6.54. The minimum atomic E-state index is -3.65. The Bertz CT molecular complexity index is 890. The van der Waals surface area contributed by atoms with Crippen LogP contribution in [0.4, 0.5) is 5.69 Å². The molecule has 1 heterocycles. The van der Waals surface area contributed by atoms with Gasteiger partial charge in [0.2, 0.25) is 0 Å². The van der Waals surface area contributed by atoms with Gasteiger partial charge in [-0.1, -0.05) is 18.2 Å². The van der Waals surface area contributed by atoms with E-state index in [0.717, 1.165) is 13.1 Å². The van der Waals surface area contributed by atoms with E-state index in [1.54, 1.807) is 55.5 Å². The first-order chi connectivity index (χ1) is 12.4. The quantitative estimate of drug-likeness (QED) is 0.892. The van der Waals surface area contributed by atoms with Crippen molar-refractivity contribution in [2.75, 3.05) is 37.9 Å². The average Bonchev–Trinajstić information content (AvgIpc) is 2.64. The molecule has 1 aliphatic heterocycles. The number of hydrogen-bond donors (Lipinski definition) is 1. The molecule has 26 heavy (non-hydrogen) atoms. The van der Waals surface area contributed by atoms with E-state index in [2.05, 4.69) is 9.62 Å². The first kappa shape index (κ1) is 18.4. The summed E-state index contributed by atoms with van der Waals surface area (Å²) < 4.78 is 27.5. The van der Waals surface area contributed by atoms with Crippen LogP contribution < -0.4 is 4.72 Å². The lowest BCUT2D eigenvalue weighted by molar-refractivity contribution is 0.0664. The minimum Gasteiger partial charge on any atom is -0.336 e. The van der Waals surface area contributed by atoms with E-state index in [1.807, 2.05) is 11.9 Å². The number of amides is 1. The molecular weight excluding hydrogens is 350 g/mol. The van der Waals surface area contributed by atoms with E-state index in [4.69, 9.17) is 0 Å². The monoisotopic (exact) mass is 373 g/mol. The molecule has 2 aromatic rings. The number of nitrogens with one attached hydrogen (secondary N) is 1. The van der Waals surface area contributed by atoms with Crippen molar-refractivity contribution in [2.24, 2.45) is 0 Å². The van der Waals surface area contributed by atoms with Crippen molar-refractivity contribution < 1.29 is 13.2 Å². The molecule has 138 valence electrons. The summed E-state index contributed by atoms with van der Waals surface area (Å²) in [6, 6.07) is 13.3. The van der Waals surface area contributed by atoms with Crippen LogP contribution in [0.3, 0.4) is 0 Å². The molecule has 2 aromatic carbocycles. The fraction of sp³-hybridized carbons (Fsp3) is 0.316. The molecule has 1 fully saturated rings. The molecule has 6 nitrogen and oxygen atoms in total. The molecule has 1 amide bonds. The third kappa shape index (κ3) is 4.05. The first-order valence-electron chi connectivity index (χ1n) is 8.53. The third-order valence-corrected chi connectivity index (χ3v) is 5.94. The largest absolute Gasteiger partial charge is 0.336 e. The zero-order valence-electron chi connectivity index (χ0n) is 15.0. The number of aryl methyl sites for hydroxylation is 1. The minimum absolute atomic E-state index is 0.0151. The number of carbonyl (C=O) groups is 1. The lowest BCUT2D eigenvalue weighted by atomic mass is 10.1. The summed E-state index contributed by atoms with van der Waals surface area (Å²) in [7, 11) is -1.61. The highest BCUT2D eigenvalue weighted by molar-refractivity contribution is 7.92. The number of piperazine rings is 1. The van der Waals surface area contributed by atoms with E-state index >= 15 is 0 Å². The Morgan fingerprint density at radius 2 is 1.65 bits per heavy atom. The maximum Gasteiger partial charge on any atom is 0.261 e. The number of rotatable bonds is 4. The molecule has 0 bridgehead atoms. The van der Waals surface area contributed by atoms with E-state index in [-0.39, 0.29) is 10.8 Å². The van der Waals surface area contributed by atoms with Gasteiger partial charge in [0.1, 0.15) is 0 Å². The van der Waals surface area contributed by atoms with Gasteiger partial charge in [0.25, 0.3) is 15.9 Å². The summed E-state index contributed by atoms with van der Waals surface area (Å²) in [6.45, 7) is 4.93. The van der Waals surface area contributed by atoms with Gasteiger partial charge in [0, 0.05) is 31.7 Å². The van der Waals surface area contributed by atoms with Crippen LogP contribution in [-0.4, -0.2) is 57.4 Å². The van der Waals surface area contributed by atoms with Gasteiger partial charge in [-0.2, -0.15) is 0 Å². The van der Waals surface area contributed by atoms with Gasteiger partial charge in [-0.15, -0.1) is 0 Å². The van der Waals surface area contributed by atoms with Crippen LogP contribution in [0.2, 0.25) is 0 Å². The third-order valence-electron chi connectivity index (χ3n) is 4.56. The molecule has 0 unspecified atom stereocenters. The predicted molar refractivity (Wildman–Crippen MR) is 102 cm³/mol. The van der Waals surface area contributed by atoms with E-state index in [0.29, 0.717) is 29.9 Å². The molecule has 0 aromatic heterocycles. The Morgan fingerprint density at radius 3 is 2.27 bits per heavy atom. The topological polar surface area (TPSA) is 69.7 Å². The van der Waals surface area contributed by atoms with Crippen LogP contribution in [0.1, 0.15) is 15.9 Å². The van der Waals surface area contributed by atoms with Gasteiger partial charge in [-0.25, -0.2) is 8.42 Å². The Hall–Kier alpha value is -2.38. The number of sulfonamides is 1. The highest BCUT2D eigenvalue weighted by atomic mass is 32.2. The molecule has 7 heteroatoms. The molecule has 0 aliphatic carbocycles.